The van der Waals surface area contributed by atoms with Gasteiger partial charge in [-0.05, 0) is 30.7 Å². The van der Waals surface area contributed by atoms with E-state index in [2.05, 4.69) is 9.97 Å². The van der Waals surface area contributed by atoms with Gasteiger partial charge < -0.3 is 4.74 Å². The first-order valence-electron chi connectivity index (χ1n) is 5.27. The maximum Gasteiger partial charge on any atom is 0.168 e. The fraction of sp³-hybridized carbons (Fsp3) is 0.154. The van der Waals surface area contributed by atoms with E-state index in [9.17, 15) is 4.79 Å². The summed E-state index contributed by atoms with van der Waals surface area (Å²) in [5.74, 6) is 0.660. The summed E-state index contributed by atoms with van der Waals surface area (Å²) >= 11 is 6.10. The van der Waals surface area contributed by atoms with Gasteiger partial charge >= 0.3 is 0 Å². The summed E-state index contributed by atoms with van der Waals surface area (Å²) in [5, 5.41) is 0.622. The van der Waals surface area contributed by atoms with Crippen LogP contribution >= 0.6 is 11.6 Å². The number of carbonyl (C=O) groups excluding carboxylic acids is 1. The fourth-order valence-corrected chi connectivity index (χ4v) is 1.77. The SMILES string of the molecule is COc1cc(C)c(Cl)cc1-c1cc(C=O)ncn1. The van der Waals surface area contributed by atoms with Crippen molar-refractivity contribution in [2.45, 2.75) is 6.92 Å². The van der Waals surface area contributed by atoms with Crippen LogP contribution in [0.5, 0.6) is 5.75 Å². The Kier molecular flexibility index (Phi) is 3.58. The number of methoxy groups -OCH3 is 1. The first-order valence-corrected chi connectivity index (χ1v) is 5.65. The van der Waals surface area contributed by atoms with E-state index in [0.717, 1.165) is 11.1 Å². The molecule has 1 aromatic carbocycles. The van der Waals surface area contributed by atoms with Gasteiger partial charge in [-0.3, -0.25) is 4.79 Å². The molecule has 0 saturated carbocycles. The number of hydrogen-bond donors (Lipinski definition) is 0. The van der Waals surface area contributed by atoms with Crippen molar-refractivity contribution in [3.63, 3.8) is 0 Å². The second-order valence-electron chi connectivity index (χ2n) is 3.75. The van der Waals surface area contributed by atoms with Gasteiger partial charge in [0.25, 0.3) is 0 Å². The maximum atomic E-state index is 10.7. The van der Waals surface area contributed by atoms with Crippen molar-refractivity contribution in [1.29, 1.82) is 0 Å². The van der Waals surface area contributed by atoms with Crippen molar-refractivity contribution in [2.24, 2.45) is 0 Å². The van der Waals surface area contributed by atoms with Gasteiger partial charge in [0.15, 0.2) is 6.29 Å². The molecule has 4 nitrogen and oxygen atoms in total. The van der Waals surface area contributed by atoms with Gasteiger partial charge in [-0.1, -0.05) is 11.6 Å². The van der Waals surface area contributed by atoms with Gasteiger partial charge in [-0.15, -0.1) is 0 Å². The summed E-state index contributed by atoms with van der Waals surface area (Å²) in [6, 6.07) is 5.20. The summed E-state index contributed by atoms with van der Waals surface area (Å²) in [4.78, 5) is 18.7. The van der Waals surface area contributed by atoms with Crippen LogP contribution in [0.3, 0.4) is 0 Å². The minimum absolute atomic E-state index is 0.318. The lowest BCUT2D eigenvalue weighted by Gasteiger charge is -2.10. The highest BCUT2D eigenvalue weighted by Crippen LogP contribution is 2.33. The average molecular weight is 263 g/mol. The predicted molar refractivity (Wildman–Crippen MR) is 69.2 cm³/mol. The Morgan fingerprint density at radius 3 is 2.72 bits per heavy atom. The molecule has 0 fully saturated rings. The summed E-state index contributed by atoms with van der Waals surface area (Å²) in [7, 11) is 1.58. The van der Waals surface area contributed by atoms with Crippen LogP contribution in [0.4, 0.5) is 0 Å². The molecule has 0 aliphatic carbocycles. The van der Waals surface area contributed by atoms with Crippen molar-refractivity contribution >= 4 is 17.9 Å². The van der Waals surface area contributed by atoms with Crippen molar-refractivity contribution < 1.29 is 9.53 Å². The van der Waals surface area contributed by atoms with Crippen molar-refractivity contribution in [1.82, 2.24) is 9.97 Å². The maximum absolute atomic E-state index is 10.7. The molecule has 0 radical (unpaired) electrons. The lowest BCUT2D eigenvalue weighted by molar-refractivity contribution is 0.111. The molecule has 5 heteroatoms. The molecule has 1 heterocycles. The van der Waals surface area contributed by atoms with Gasteiger partial charge in [0, 0.05) is 10.6 Å². The van der Waals surface area contributed by atoms with Crippen LogP contribution in [0, 0.1) is 6.92 Å². The van der Waals surface area contributed by atoms with Crippen LogP contribution in [-0.4, -0.2) is 23.4 Å². The lowest BCUT2D eigenvalue weighted by atomic mass is 10.1. The third kappa shape index (κ3) is 2.33. The van der Waals surface area contributed by atoms with Crippen LogP contribution in [0.25, 0.3) is 11.3 Å². The molecule has 0 aliphatic rings. The van der Waals surface area contributed by atoms with Gasteiger partial charge in [0.1, 0.15) is 17.8 Å². The van der Waals surface area contributed by atoms with Gasteiger partial charge in [-0.2, -0.15) is 0 Å². The van der Waals surface area contributed by atoms with Gasteiger partial charge in [0.2, 0.25) is 0 Å². The van der Waals surface area contributed by atoms with Crippen LogP contribution in [0.2, 0.25) is 5.02 Å². The molecule has 0 unspecified atom stereocenters. The minimum atomic E-state index is 0.318. The first-order chi connectivity index (χ1) is 8.65. The quantitative estimate of drug-likeness (QED) is 0.798. The smallest absolute Gasteiger partial charge is 0.168 e. The number of ether oxygens (including phenoxy) is 1. The van der Waals surface area contributed by atoms with Crippen LogP contribution in [0.1, 0.15) is 16.1 Å². The van der Waals surface area contributed by atoms with Gasteiger partial charge in [-0.25, -0.2) is 9.97 Å². The summed E-state index contributed by atoms with van der Waals surface area (Å²) < 4.78 is 5.30. The third-order valence-electron chi connectivity index (χ3n) is 2.57. The first kappa shape index (κ1) is 12.5. The largest absolute Gasteiger partial charge is 0.496 e. The third-order valence-corrected chi connectivity index (χ3v) is 2.97. The zero-order chi connectivity index (χ0) is 13.1. The van der Waals surface area contributed by atoms with E-state index in [4.69, 9.17) is 16.3 Å². The summed E-state index contributed by atoms with van der Waals surface area (Å²) in [5.41, 5.74) is 2.57. The van der Waals surface area contributed by atoms with Crippen molar-refractivity contribution in [3.8, 4) is 17.0 Å². The Bertz CT molecular complexity index is 600. The van der Waals surface area contributed by atoms with E-state index in [0.29, 0.717) is 28.4 Å². The second kappa shape index (κ2) is 5.14. The molecule has 1 aromatic heterocycles. The van der Waals surface area contributed by atoms with E-state index in [1.54, 1.807) is 19.2 Å². The molecule has 18 heavy (non-hydrogen) atoms. The molecular formula is C13H11ClN2O2. The topological polar surface area (TPSA) is 52.1 Å². The molecule has 0 amide bonds. The average Bonchev–Trinajstić information content (AvgIpc) is 2.41. The molecule has 2 aromatic rings. The fourth-order valence-electron chi connectivity index (χ4n) is 1.61. The molecule has 0 N–H and O–H groups in total. The minimum Gasteiger partial charge on any atom is -0.496 e. The number of carbonyl (C=O) groups is 1. The summed E-state index contributed by atoms with van der Waals surface area (Å²) in [6.07, 6.45) is 2.01. The number of rotatable bonds is 3. The Morgan fingerprint density at radius 1 is 1.28 bits per heavy atom. The number of hydrogen-bond acceptors (Lipinski definition) is 4. The van der Waals surface area contributed by atoms with E-state index in [1.165, 1.54) is 6.33 Å². The predicted octanol–water partition coefficient (Wildman–Crippen LogP) is 2.93. The van der Waals surface area contributed by atoms with Gasteiger partial charge in [0.05, 0.1) is 12.8 Å². The Balaban J connectivity index is 2.61. The van der Waals surface area contributed by atoms with Crippen molar-refractivity contribution in [2.75, 3.05) is 7.11 Å². The molecule has 0 aliphatic heterocycles. The van der Waals surface area contributed by atoms with Crippen LogP contribution < -0.4 is 4.74 Å². The summed E-state index contributed by atoms with van der Waals surface area (Å²) in [6.45, 7) is 1.89. The Hall–Kier alpha value is -1.94. The second-order valence-corrected chi connectivity index (χ2v) is 4.15. The number of aromatic nitrogens is 2. The van der Waals surface area contributed by atoms with E-state index < -0.39 is 0 Å². The highest BCUT2D eigenvalue weighted by atomic mass is 35.5. The van der Waals surface area contributed by atoms with Crippen LogP contribution in [-0.2, 0) is 0 Å². The normalized spacial score (nSPS) is 10.2. The Morgan fingerprint density at radius 2 is 2.06 bits per heavy atom. The standard InChI is InChI=1S/C13H11ClN2O2/c1-8-3-13(18-2)10(5-11(8)14)12-4-9(6-17)15-7-16-12/h3-7H,1-2H3. The molecule has 0 saturated heterocycles. The van der Waals surface area contributed by atoms with E-state index in [1.807, 2.05) is 13.0 Å². The molecule has 0 atom stereocenters. The molecule has 2 rings (SSSR count). The highest BCUT2D eigenvalue weighted by Gasteiger charge is 2.11. The monoisotopic (exact) mass is 262 g/mol. The zero-order valence-electron chi connectivity index (χ0n) is 9.98. The number of benzene rings is 1. The molecular weight excluding hydrogens is 252 g/mol. The number of halogens is 1. The lowest BCUT2D eigenvalue weighted by Crippen LogP contribution is -1.95. The number of aryl methyl sites for hydroxylation is 1. The Labute approximate surface area is 110 Å². The highest BCUT2D eigenvalue weighted by molar-refractivity contribution is 6.31. The van der Waals surface area contributed by atoms with E-state index in [-0.39, 0.29) is 0 Å². The number of nitrogens with zero attached hydrogens (tertiary/aromatic N) is 2. The number of aldehydes is 1. The van der Waals surface area contributed by atoms with Crippen molar-refractivity contribution in [3.05, 3.63) is 40.8 Å². The molecule has 92 valence electrons. The van der Waals surface area contributed by atoms with Crippen LogP contribution in [0.15, 0.2) is 24.5 Å². The molecule has 0 bridgehead atoms. The molecule has 0 spiro atoms. The zero-order valence-corrected chi connectivity index (χ0v) is 10.7. The van der Waals surface area contributed by atoms with E-state index >= 15 is 0 Å².